The quantitative estimate of drug-likeness (QED) is 0.0483. The van der Waals surface area contributed by atoms with Crippen LogP contribution in [0.5, 0.6) is 11.5 Å². The molecule has 7 rings (SSSR count). The molecule has 1 saturated heterocycles. The van der Waals surface area contributed by atoms with Crippen LogP contribution in [0, 0.1) is 5.92 Å². The lowest BCUT2D eigenvalue weighted by atomic mass is 9.80. The number of rotatable bonds is 21. The number of pyridine rings is 1. The Morgan fingerprint density at radius 3 is 2.06 bits per heavy atom. The number of aromatic amines is 1. The number of H-pyrrole nitrogens is 1. The molecule has 3 aromatic carbocycles. The third kappa shape index (κ3) is 10.8. The van der Waals surface area contributed by atoms with Gasteiger partial charge in [-0.2, -0.15) is 4.98 Å². The van der Waals surface area contributed by atoms with Crippen molar-refractivity contribution in [2.75, 3.05) is 51.2 Å². The number of nitrogens with zero attached hydrogens (tertiary/aromatic N) is 6. The Labute approximate surface area is 392 Å². The van der Waals surface area contributed by atoms with Crippen LogP contribution in [0.25, 0.3) is 11.2 Å². The molecular formula is C49H61N8O9P. The standard InChI is InChI=1S/C49H61N8O9P/c1-31(2)45(59)53-48-52-44-41(46(60)54-48)51-30-56(44)47-42(58)43(66-67(57(32(3)4)33(5)6)64-28-27-55(7)40-17-13-14-26-50-40)39(65-47)29-63-49(34-15-11-10-12-16-34,35-18-22-37(61-8)23-19-35)36-20-24-38(62-9)25-21-36/h10-26,30-33,39,42-43,47,58H,27-29H2,1-9H3,(H2,52,53,54,59,60)/t39-,42-,43-,47-,67?/m1/s1. The van der Waals surface area contributed by atoms with E-state index in [1.54, 1.807) is 34.3 Å². The number of aliphatic hydroxyl groups is 1. The van der Waals surface area contributed by atoms with Crippen molar-refractivity contribution in [1.29, 1.82) is 0 Å². The van der Waals surface area contributed by atoms with Gasteiger partial charge in [0, 0.05) is 37.8 Å². The third-order valence-electron chi connectivity index (χ3n) is 11.5. The van der Waals surface area contributed by atoms with Gasteiger partial charge < -0.3 is 38.0 Å². The number of hydrogen-bond acceptors (Lipinski definition) is 14. The minimum absolute atomic E-state index is 0.00831. The maximum absolute atomic E-state index is 13.4. The number of hydrogen-bond donors (Lipinski definition) is 3. The fourth-order valence-electron chi connectivity index (χ4n) is 8.11. The lowest BCUT2D eigenvalue weighted by molar-refractivity contribution is -0.118. The van der Waals surface area contributed by atoms with Gasteiger partial charge in [-0.25, -0.2) is 14.6 Å². The van der Waals surface area contributed by atoms with Gasteiger partial charge in [0.2, 0.25) is 11.9 Å². The maximum atomic E-state index is 13.4. The average Bonchev–Trinajstić information content (AvgIpc) is 3.89. The molecule has 0 aliphatic carbocycles. The summed E-state index contributed by atoms with van der Waals surface area (Å²) in [6, 6.07) is 31.0. The van der Waals surface area contributed by atoms with Crippen LogP contribution >= 0.6 is 8.53 Å². The van der Waals surface area contributed by atoms with Gasteiger partial charge in [0.15, 0.2) is 17.4 Å². The fraction of sp³-hybridized carbons (Fsp3) is 0.408. The molecule has 67 heavy (non-hydrogen) atoms. The molecule has 17 nitrogen and oxygen atoms in total. The predicted molar refractivity (Wildman–Crippen MR) is 257 cm³/mol. The molecule has 0 bridgehead atoms. The highest BCUT2D eigenvalue weighted by Crippen LogP contribution is 2.51. The number of carbonyl (C=O) groups is 1. The lowest BCUT2D eigenvalue weighted by Gasteiger charge is -2.39. The lowest BCUT2D eigenvalue weighted by Crippen LogP contribution is -2.42. The zero-order chi connectivity index (χ0) is 47.8. The predicted octanol–water partition coefficient (Wildman–Crippen LogP) is 7.28. The summed E-state index contributed by atoms with van der Waals surface area (Å²) in [7, 11) is 3.32. The number of likely N-dealkylation sites (N-methyl/N-ethyl adjacent to an activating group) is 1. The van der Waals surface area contributed by atoms with E-state index in [-0.39, 0.29) is 54.2 Å². The number of nitrogens with one attached hydrogen (secondary N) is 2. The minimum Gasteiger partial charge on any atom is -0.497 e. The summed E-state index contributed by atoms with van der Waals surface area (Å²) >= 11 is 0. The summed E-state index contributed by atoms with van der Waals surface area (Å²) in [5.74, 6) is 1.35. The zero-order valence-electron chi connectivity index (χ0n) is 39.4. The van der Waals surface area contributed by atoms with Crippen molar-refractivity contribution < 1.29 is 37.9 Å². The van der Waals surface area contributed by atoms with E-state index in [0.717, 1.165) is 22.5 Å². The molecule has 4 heterocycles. The van der Waals surface area contributed by atoms with Crippen LogP contribution in [0.1, 0.15) is 64.5 Å². The molecule has 1 unspecified atom stereocenters. The Kier molecular flexibility index (Phi) is 16.1. The van der Waals surface area contributed by atoms with E-state index in [1.807, 2.05) is 109 Å². The van der Waals surface area contributed by atoms with Gasteiger partial charge in [0.05, 0.1) is 33.8 Å². The SMILES string of the molecule is COc1ccc(C(OC[C@H]2O[C@@H](n3cnc4c(=O)[nH]c(NC(=O)C(C)C)nc43)[C@H](O)[C@@H]2OP(OCCN(C)c2ccccn2)N(C(C)C)C(C)C)(c2ccccc2)c2ccc(OC)cc2)cc1. The first kappa shape index (κ1) is 49.1. The number of ether oxygens (including phenoxy) is 4. The first-order chi connectivity index (χ1) is 32.2. The monoisotopic (exact) mass is 936 g/mol. The number of benzene rings is 3. The molecule has 0 saturated carbocycles. The molecule has 356 valence electrons. The van der Waals surface area contributed by atoms with Gasteiger partial charge in [-0.05, 0) is 80.8 Å². The van der Waals surface area contributed by atoms with Crippen molar-refractivity contribution in [2.24, 2.45) is 5.92 Å². The Morgan fingerprint density at radius 1 is 0.881 bits per heavy atom. The molecule has 5 atom stereocenters. The second kappa shape index (κ2) is 21.9. The molecule has 3 N–H and O–H groups in total. The second-order valence-electron chi connectivity index (χ2n) is 17.1. The molecule has 1 aliphatic heterocycles. The summed E-state index contributed by atoms with van der Waals surface area (Å²) in [4.78, 5) is 44.1. The van der Waals surface area contributed by atoms with Crippen LogP contribution in [0.15, 0.2) is 114 Å². The van der Waals surface area contributed by atoms with Gasteiger partial charge in [-0.1, -0.05) is 74.5 Å². The molecule has 0 radical (unpaired) electrons. The van der Waals surface area contributed by atoms with E-state index in [2.05, 4.69) is 57.6 Å². The summed E-state index contributed by atoms with van der Waals surface area (Å²) < 4.78 is 42.8. The number of amides is 1. The van der Waals surface area contributed by atoms with Crippen LogP contribution in [-0.4, -0.2) is 112 Å². The number of aliphatic hydroxyl groups excluding tert-OH is 1. The largest absolute Gasteiger partial charge is 0.497 e. The number of fused-ring (bicyclic) bond motifs is 1. The van der Waals surface area contributed by atoms with E-state index in [1.165, 1.54) is 10.9 Å². The number of methoxy groups -OCH3 is 2. The number of imidazole rings is 1. The van der Waals surface area contributed by atoms with E-state index >= 15 is 0 Å². The maximum Gasteiger partial charge on any atom is 0.280 e. The van der Waals surface area contributed by atoms with Crippen LogP contribution in [0.4, 0.5) is 11.8 Å². The topological polar surface area (TPSA) is 188 Å². The molecule has 18 heteroatoms. The Balaban J connectivity index is 1.32. The highest BCUT2D eigenvalue weighted by molar-refractivity contribution is 7.44. The van der Waals surface area contributed by atoms with Crippen molar-refractivity contribution in [2.45, 2.75) is 83.8 Å². The Bertz CT molecular complexity index is 2520. The second-order valence-corrected chi connectivity index (χ2v) is 18.5. The smallest absolute Gasteiger partial charge is 0.280 e. The van der Waals surface area contributed by atoms with E-state index in [9.17, 15) is 14.7 Å². The summed E-state index contributed by atoms with van der Waals surface area (Å²) in [5.41, 5.74) is 0.681. The fourth-order valence-corrected chi connectivity index (χ4v) is 9.87. The summed E-state index contributed by atoms with van der Waals surface area (Å²) in [6.07, 6.45) is -1.44. The highest BCUT2D eigenvalue weighted by atomic mass is 31.2. The summed E-state index contributed by atoms with van der Waals surface area (Å²) in [5, 5.41) is 15.3. The summed E-state index contributed by atoms with van der Waals surface area (Å²) in [6.45, 7) is 12.4. The van der Waals surface area contributed by atoms with Crippen molar-refractivity contribution >= 4 is 37.4 Å². The van der Waals surface area contributed by atoms with Crippen molar-refractivity contribution in [3.8, 4) is 11.5 Å². The zero-order valence-corrected chi connectivity index (χ0v) is 40.3. The highest BCUT2D eigenvalue weighted by Gasteiger charge is 2.50. The number of anilines is 2. The van der Waals surface area contributed by atoms with Gasteiger partial charge in [0.25, 0.3) is 14.1 Å². The molecule has 1 aliphatic rings. The van der Waals surface area contributed by atoms with Crippen LogP contribution in [0.3, 0.4) is 0 Å². The van der Waals surface area contributed by atoms with Gasteiger partial charge in [-0.15, -0.1) is 0 Å². The number of carbonyl (C=O) groups excluding carboxylic acids is 1. The molecule has 1 amide bonds. The molecule has 6 aromatic rings. The van der Waals surface area contributed by atoms with Crippen LogP contribution in [-0.2, 0) is 28.9 Å². The third-order valence-corrected chi connectivity index (χ3v) is 13.7. The Hall–Kier alpha value is -5.78. The van der Waals surface area contributed by atoms with Gasteiger partial charge in [0.1, 0.15) is 41.2 Å². The van der Waals surface area contributed by atoms with Gasteiger partial charge >= 0.3 is 0 Å². The Morgan fingerprint density at radius 2 is 1.49 bits per heavy atom. The molecule has 1 fully saturated rings. The van der Waals surface area contributed by atoms with E-state index in [0.29, 0.717) is 18.0 Å². The average molecular weight is 937 g/mol. The minimum atomic E-state index is -1.87. The van der Waals surface area contributed by atoms with Gasteiger partial charge in [-0.3, -0.25) is 24.5 Å². The molecular weight excluding hydrogens is 876 g/mol. The number of aromatic nitrogens is 5. The van der Waals surface area contributed by atoms with Crippen LogP contribution in [0.2, 0.25) is 0 Å². The molecule has 3 aromatic heterocycles. The first-order valence-corrected chi connectivity index (χ1v) is 23.5. The van der Waals surface area contributed by atoms with E-state index in [4.69, 9.17) is 28.0 Å². The van der Waals surface area contributed by atoms with Crippen molar-refractivity contribution in [3.63, 3.8) is 0 Å². The van der Waals surface area contributed by atoms with Crippen molar-refractivity contribution in [1.82, 2.24) is 29.2 Å². The first-order valence-electron chi connectivity index (χ1n) is 22.4. The van der Waals surface area contributed by atoms with Crippen molar-refractivity contribution in [3.05, 3.63) is 137 Å². The molecule has 0 spiro atoms. The van der Waals surface area contributed by atoms with Crippen LogP contribution < -0.4 is 25.2 Å². The normalized spacial score (nSPS) is 18.0. The van der Waals surface area contributed by atoms with E-state index < -0.39 is 44.2 Å².